The summed E-state index contributed by atoms with van der Waals surface area (Å²) in [4.78, 5) is 0. The lowest BCUT2D eigenvalue weighted by atomic mass is 9.89. The minimum atomic E-state index is 0.691. The summed E-state index contributed by atoms with van der Waals surface area (Å²) in [5, 5.41) is 3.43. The molecule has 18 heavy (non-hydrogen) atoms. The molecule has 1 aliphatic rings. The Labute approximate surface area is 118 Å². The van der Waals surface area contributed by atoms with Crippen LogP contribution >= 0.6 is 15.9 Å². The fraction of sp³-hybridized carbons (Fsp3) is 0.600. The van der Waals surface area contributed by atoms with E-state index in [1.54, 1.807) is 7.11 Å². The summed E-state index contributed by atoms with van der Waals surface area (Å²) < 4.78 is 6.32. The Morgan fingerprint density at radius 3 is 2.72 bits per heavy atom. The van der Waals surface area contributed by atoms with Crippen LogP contribution in [0.3, 0.4) is 0 Å². The van der Waals surface area contributed by atoms with E-state index in [0.29, 0.717) is 6.04 Å². The summed E-state index contributed by atoms with van der Waals surface area (Å²) in [7, 11) is 3.78. The molecule has 0 radical (unpaired) electrons. The molecule has 1 fully saturated rings. The van der Waals surface area contributed by atoms with Gasteiger partial charge in [-0.1, -0.05) is 13.0 Å². The predicted octanol–water partition coefficient (Wildman–Crippen LogP) is 3.63. The van der Waals surface area contributed by atoms with Crippen molar-refractivity contribution in [3.05, 3.63) is 28.2 Å². The highest BCUT2D eigenvalue weighted by Gasteiger charge is 2.31. The second kappa shape index (κ2) is 6.07. The SMILES string of the molecule is CNC1CCC(Cc2ccc(OC)c(Br)c2)C1C. The smallest absolute Gasteiger partial charge is 0.133 e. The van der Waals surface area contributed by atoms with E-state index in [2.05, 4.69) is 53.4 Å². The molecule has 1 N–H and O–H groups in total. The Morgan fingerprint density at radius 2 is 2.17 bits per heavy atom. The first kappa shape index (κ1) is 13.9. The van der Waals surface area contributed by atoms with Gasteiger partial charge in [0.15, 0.2) is 0 Å². The third-order valence-corrected chi connectivity index (χ3v) is 4.93. The summed E-state index contributed by atoms with van der Waals surface area (Å²) in [6.45, 7) is 2.37. The van der Waals surface area contributed by atoms with Crippen molar-refractivity contribution in [1.82, 2.24) is 5.32 Å². The molecular weight excluding hydrogens is 290 g/mol. The van der Waals surface area contributed by atoms with Crippen LogP contribution in [0.4, 0.5) is 0 Å². The zero-order valence-electron chi connectivity index (χ0n) is 11.4. The maximum absolute atomic E-state index is 5.27. The molecule has 0 bridgehead atoms. The molecule has 100 valence electrons. The number of hydrogen-bond donors (Lipinski definition) is 1. The maximum atomic E-state index is 5.27. The van der Waals surface area contributed by atoms with Gasteiger partial charge in [-0.15, -0.1) is 0 Å². The minimum absolute atomic E-state index is 0.691. The number of halogens is 1. The first-order valence-electron chi connectivity index (χ1n) is 6.65. The second-order valence-corrected chi connectivity index (χ2v) is 6.12. The molecule has 1 aromatic carbocycles. The van der Waals surface area contributed by atoms with E-state index < -0.39 is 0 Å². The largest absolute Gasteiger partial charge is 0.496 e. The first-order chi connectivity index (χ1) is 8.65. The van der Waals surface area contributed by atoms with E-state index in [0.717, 1.165) is 22.1 Å². The molecule has 2 rings (SSSR count). The number of methoxy groups -OCH3 is 1. The van der Waals surface area contributed by atoms with Crippen LogP contribution in [0.15, 0.2) is 22.7 Å². The van der Waals surface area contributed by atoms with Crippen LogP contribution in [-0.4, -0.2) is 20.2 Å². The fourth-order valence-electron chi connectivity index (χ4n) is 3.08. The van der Waals surface area contributed by atoms with Crippen LogP contribution < -0.4 is 10.1 Å². The molecule has 3 heteroatoms. The number of hydrogen-bond acceptors (Lipinski definition) is 2. The number of nitrogens with one attached hydrogen (secondary N) is 1. The zero-order valence-corrected chi connectivity index (χ0v) is 13.0. The van der Waals surface area contributed by atoms with Gasteiger partial charge in [0.25, 0.3) is 0 Å². The maximum Gasteiger partial charge on any atom is 0.133 e. The highest BCUT2D eigenvalue weighted by Crippen LogP contribution is 2.35. The van der Waals surface area contributed by atoms with Crippen molar-refractivity contribution in [3.8, 4) is 5.75 Å². The summed E-state index contributed by atoms with van der Waals surface area (Å²) in [6, 6.07) is 7.12. The van der Waals surface area contributed by atoms with E-state index in [4.69, 9.17) is 4.74 Å². The summed E-state index contributed by atoms with van der Waals surface area (Å²) in [6.07, 6.45) is 3.80. The van der Waals surface area contributed by atoms with Gasteiger partial charge in [0.2, 0.25) is 0 Å². The van der Waals surface area contributed by atoms with Crippen molar-refractivity contribution in [2.75, 3.05) is 14.2 Å². The third kappa shape index (κ3) is 2.89. The van der Waals surface area contributed by atoms with Gasteiger partial charge in [-0.05, 0) is 71.8 Å². The van der Waals surface area contributed by atoms with Gasteiger partial charge in [0.05, 0.1) is 11.6 Å². The van der Waals surface area contributed by atoms with E-state index in [1.807, 2.05) is 0 Å². The number of ether oxygens (including phenoxy) is 1. The molecule has 0 aromatic heterocycles. The Balaban J connectivity index is 2.04. The van der Waals surface area contributed by atoms with Crippen molar-refractivity contribution in [2.24, 2.45) is 11.8 Å². The quantitative estimate of drug-likeness (QED) is 0.916. The van der Waals surface area contributed by atoms with Crippen molar-refractivity contribution in [1.29, 1.82) is 0 Å². The molecule has 3 atom stereocenters. The van der Waals surface area contributed by atoms with Crippen molar-refractivity contribution in [3.63, 3.8) is 0 Å². The van der Waals surface area contributed by atoms with Crippen LogP contribution in [0.2, 0.25) is 0 Å². The van der Waals surface area contributed by atoms with Gasteiger partial charge in [-0.25, -0.2) is 0 Å². The van der Waals surface area contributed by atoms with E-state index >= 15 is 0 Å². The van der Waals surface area contributed by atoms with Gasteiger partial charge in [0, 0.05) is 6.04 Å². The second-order valence-electron chi connectivity index (χ2n) is 5.26. The lowest BCUT2D eigenvalue weighted by molar-refractivity contribution is 0.363. The van der Waals surface area contributed by atoms with Crippen LogP contribution in [-0.2, 0) is 6.42 Å². The molecular formula is C15H22BrNO. The minimum Gasteiger partial charge on any atom is -0.496 e. The fourth-order valence-corrected chi connectivity index (χ4v) is 3.67. The van der Waals surface area contributed by atoms with Gasteiger partial charge in [-0.2, -0.15) is 0 Å². The van der Waals surface area contributed by atoms with E-state index in [9.17, 15) is 0 Å². The highest BCUT2D eigenvalue weighted by atomic mass is 79.9. The molecule has 0 heterocycles. The van der Waals surface area contributed by atoms with Crippen molar-refractivity contribution < 1.29 is 4.74 Å². The average molecular weight is 312 g/mol. The Hall–Kier alpha value is -0.540. The van der Waals surface area contributed by atoms with Crippen LogP contribution in [0.5, 0.6) is 5.75 Å². The normalized spacial score (nSPS) is 27.4. The lowest BCUT2D eigenvalue weighted by Gasteiger charge is -2.20. The Kier molecular flexibility index (Phi) is 4.68. The standard InChI is InChI=1S/C15H22BrNO/c1-10-12(5-6-14(10)17-2)8-11-4-7-15(18-3)13(16)9-11/h4,7,9-10,12,14,17H,5-6,8H2,1-3H3. The van der Waals surface area contributed by atoms with Crippen LogP contribution in [0.25, 0.3) is 0 Å². The number of benzene rings is 1. The van der Waals surface area contributed by atoms with Crippen molar-refractivity contribution >= 4 is 15.9 Å². The molecule has 0 aliphatic heterocycles. The number of rotatable bonds is 4. The molecule has 1 aromatic rings. The van der Waals surface area contributed by atoms with E-state index in [1.165, 1.54) is 24.8 Å². The summed E-state index contributed by atoms with van der Waals surface area (Å²) in [5.41, 5.74) is 1.40. The summed E-state index contributed by atoms with van der Waals surface area (Å²) >= 11 is 3.56. The predicted molar refractivity (Wildman–Crippen MR) is 79.1 cm³/mol. The average Bonchev–Trinajstić information content (AvgIpc) is 2.71. The lowest BCUT2D eigenvalue weighted by Crippen LogP contribution is -2.29. The van der Waals surface area contributed by atoms with Crippen molar-refractivity contribution in [2.45, 2.75) is 32.2 Å². The monoisotopic (exact) mass is 311 g/mol. The molecule has 1 aliphatic carbocycles. The van der Waals surface area contributed by atoms with Gasteiger partial charge >= 0.3 is 0 Å². The highest BCUT2D eigenvalue weighted by molar-refractivity contribution is 9.10. The molecule has 0 spiro atoms. The Bertz CT molecular complexity index is 407. The third-order valence-electron chi connectivity index (χ3n) is 4.31. The molecule has 2 nitrogen and oxygen atoms in total. The van der Waals surface area contributed by atoms with Crippen LogP contribution in [0.1, 0.15) is 25.3 Å². The summed E-state index contributed by atoms with van der Waals surface area (Å²) in [5.74, 6) is 2.46. The van der Waals surface area contributed by atoms with Gasteiger partial charge < -0.3 is 10.1 Å². The van der Waals surface area contributed by atoms with Crippen LogP contribution in [0, 0.1) is 11.8 Å². The zero-order chi connectivity index (χ0) is 13.1. The molecule has 3 unspecified atom stereocenters. The Morgan fingerprint density at radius 1 is 1.39 bits per heavy atom. The molecule has 1 saturated carbocycles. The van der Waals surface area contributed by atoms with Gasteiger partial charge in [-0.3, -0.25) is 0 Å². The van der Waals surface area contributed by atoms with E-state index in [-0.39, 0.29) is 0 Å². The molecule has 0 amide bonds. The topological polar surface area (TPSA) is 21.3 Å². The first-order valence-corrected chi connectivity index (χ1v) is 7.44. The van der Waals surface area contributed by atoms with Gasteiger partial charge in [0.1, 0.15) is 5.75 Å². The molecule has 0 saturated heterocycles.